The van der Waals surface area contributed by atoms with Gasteiger partial charge in [0, 0.05) is 126 Å². The number of hydrogen-bond acceptors (Lipinski definition) is 19. The predicted octanol–water partition coefficient (Wildman–Crippen LogP) is 15.3. The minimum Gasteiger partial charge on any atom is -0.378 e. The SMILES string of the molecule is Cc1nc(N2CCCC2)ccc1Nc1ncc2c(n1)-c1ccc(C(F)(F)F)cc1NC(=S)C2.Cc1nc(N2CCOCC2)ccc1Nc1ncc2c(n1)-c1ccc(Cl)cc1NC(=S)C2.Cc1ncc(CCCN(C)C)cc1Nc1ncc2c(n1)-c1ccc(C(F)(F)F)cc1NC(=S)C2. The molecule has 5 aliphatic heterocycles. The van der Waals surface area contributed by atoms with Crippen molar-refractivity contribution in [2.24, 2.45) is 0 Å². The van der Waals surface area contributed by atoms with Gasteiger partial charge in [-0.1, -0.05) is 60.4 Å². The van der Waals surface area contributed by atoms with Gasteiger partial charge < -0.3 is 51.3 Å². The summed E-state index contributed by atoms with van der Waals surface area (Å²) in [5.74, 6) is 3.10. The third-order valence-corrected chi connectivity index (χ3v) is 17.7. The monoisotopic (exact) mass is 1410 g/mol. The summed E-state index contributed by atoms with van der Waals surface area (Å²) in [6.45, 7) is 12.0. The molecule has 3 aromatic carbocycles. The van der Waals surface area contributed by atoms with E-state index in [0.717, 1.165) is 168 Å². The van der Waals surface area contributed by atoms with E-state index in [4.69, 9.17) is 67.9 Å². The number of thiocarbonyl (C=S) groups is 3. The van der Waals surface area contributed by atoms with Crippen LogP contribution in [0, 0.1) is 20.8 Å². The molecule has 2 fully saturated rings. The highest BCUT2D eigenvalue weighted by atomic mass is 35.5. The van der Waals surface area contributed by atoms with Crippen LogP contribution in [0.25, 0.3) is 33.8 Å². The number of ether oxygens (including phenoxy) is 1. The van der Waals surface area contributed by atoms with E-state index in [9.17, 15) is 26.3 Å². The van der Waals surface area contributed by atoms with Crippen molar-refractivity contribution in [3.8, 4) is 33.8 Å². The van der Waals surface area contributed by atoms with E-state index < -0.39 is 23.5 Å². The van der Waals surface area contributed by atoms with Crippen LogP contribution in [0.5, 0.6) is 0 Å². The molecule has 14 rings (SSSR count). The summed E-state index contributed by atoms with van der Waals surface area (Å²) in [7, 11) is 4.08. The van der Waals surface area contributed by atoms with Crippen LogP contribution in [0.3, 0.4) is 0 Å². The molecular weight excluding hydrogens is 1340 g/mol. The van der Waals surface area contributed by atoms with E-state index in [-0.39, 0.29) is 11.4 Å². The smallest absolute Gasteiger partial charge is 0.378 e. The van der Waals surface area contributed by atoms with Crippen LogP contribution in [0.4, 0.5) is 89.9 Å². The molecule has 29 heteroatoms. The molecule has 0 bridgehead atoms. The number of rotatable bonds is 12. The molecule has 2 saturated heterocycles. The van der Waals surface area contributed by atoms with E-state index in [1.165, 1.54) is 25.0 Å². The van der Waals surface area contributed by atoms with Gasteiger partial charge in [0.1, 0.15) is 11.6 Å². The van der Waals surface area contributed by atoms with Crippen molar-refractivity contribution in [3.63, 3.8) is 0 Å². The number of nitrogens with one attached hydrogen (secondary N) is 6. The van der Waals surface area contributed by atoms with Crippen LogP contribution in [-0.4, -0.2) is 125 Å². The molecule has 11 heterocycles. The number of alkyl halides is 6. The Bertz CT molecular complexity index is 4530. The van der Waals surface area contributed by atoms with Crippen molar-refractivity contribution < 1.29 is 31.1 Å². The number of halogens is 7. The normalized spacial score (nSPS) is 14.7. The quantitative estimate of drug-likeness (QED) is 0.0497. The minimum atomic E-state index is -4.45. The van der Waals surface area contributed by atoms with Crippen LogP contribution in [0.2, 0.25) is 5.02 Å². The van der Waals surface area contributed by atoms with E-state index in [2.05, 4.69) is 76.5 Å². The van der Waals surface area contributed by atoms with Crippen LogP contribution < -0.4 is 41.7 Å². The Morgan fingerprint density at radius 2 is 0.939 bits per heavy atom. The van der Waals surface area contributed by atoms with Crippen LogP contribution in [0.15, 0.2) is 110 Å². The maximum absolute atomic E-state index is 13.2. The standard InChI is InChI=1S/C24H25F3N6S.C23H21F3N6S.C22H21ClN6OS/c1-14-19(9-15(12-28-14)5-4-8-33(2)3)31-23-29-13-16-10-21(34)30-20-11-17(24(25,26)27)6-7-18(20)22(16)32-23;1-13-17(6-7-19(28-13)32-8-2-3-9-32)30-22-27-12-14-10-20(33)29-18-11-15(23(24,25)26)4-5-16(18)21(14)31-22;1-13-17(4-5-19(25-13)29-6-8-30-9-7-29)27-22-24-12-14-10-20(31)26-18-11-15(23)2-3-16(18)21(14)28-22/h6-7,9,11-13H,4-5,8,10H2,1-3H3,(H,30,34)(H,29,31,32);4-7,11-12H,2-3,8-10H2,1H3,(H,29,33)(H,27,30,31);2-5,11-12H,6-10H2,1H3,(H,26,31)(H,24,27,28). The zero-order valence-electron chi connectivity index (χ0n) is 53.9. The summed E-state index contributed by atoms with van der Waals surface area (Å²) in [4.78, 5) is 49.6. The Morgan fingerprint density at radius 3 is 1.38 bits per heavy atom. The first kappa shape index (κ1) is 68.7. The number of benzene rings is 3. The molecule has 5 aliphatic rings. The molecule has 19 nitrogen and oxygen atoms in total. The highest BCUT2D eigenvalue weighted by molar-refractivity contribution is 7.81. The van der Waals surface area contributed by atoms with Gasteiger partial charge in [-0.15, -0.1) is 0 Å². The molecule has 0 spiro atoms. The van der Waals surface area contributed by atoms with Gasteiger partial charge in [-0.2, -0.15) is 26.3 Å². The van der Waals surface area contributed by atoms with E-state index in [0.29, 0.717) is 79.6 Å². The van der Waals surface area contributed by atoms with Gasteiger partial charge in [0.2, 0.25) is 17.8 Å². The Kier molecular flexibility index (Phi) is 20.7. The second kappa shape index (κ2) is 29.5. The first-order valence-electron chi connectivity index (χ1n) is 31.6. The molecule has 0 aliphatic carbocycles. The number of nitrogens with zero attached hydrogens (tertiary/aromatic N) is 12. The maximum Gasteiger partial charge on any atom is 0.416 e. The summed E-state index contributed by atoms with van der Waals surface area (Å²) in [5, 5.41) is 19.5. The molecule has 0 atom stereocenters. The summed E-state index contributed by atoms with van der Waals surface area (Å²) < 4.78 is 84.8. The van der Waals surface area contributed by atoms with Crippen molar-refractivity contribution in [3.05, 3.63) is 165 Å². The van der Waals surface area contributed by atoms with Gasteiger partial charge in [0.15, 0.2) is 0 Å². The van der Waals surface area contributed by atoms with Gasteiger partial charge >= 0.3 is 12.4 Å². The summed E-state index contributed by atoms with van der Waals surface area (Å²) in [5.41, 5.74) is 12.4. The average Bonchev–Trinajstić information content (AvgIpc) is 1.52. The summed E-state index contributed by atoms with van der Waals surface area (Å²) >= 11 is 22.3. The lowest BCUT2D eigenvalue weighted by Crippen LogP contribution is -2.36. The Balaban J connectivity index is 0.000000140. The van der Waals surface area contributed by atoms with Gasteiger partial charge in [-0.3, -0.25) is 4.98 Å². The number of fused-ring (bicyclic) bond motifs is 9. The first-order valence-corrected chi connectivity index (χ1v) is 33.2. The summed E-state index contributed by atoms with van der Waals surface area (Å²) in [6, 6.07) is 22.8. The number of hydrogen-bond donors (Lipinski definition) is 6. The predicted molar refractivity (Wildman–Crippen MR) is 385 cm³/mol. The maximum atomic E-state index is 13.2. The van der Waals surface area contributed by atoms with Crippen molar-refractivity contribution in [2.75, 3.05) is 102 Å². The van der Waals surface area contributed by atoms with Gasteiger partial charge in [-0.25, -0.2) is 39.9 Å². The number of aromatic nitrogens is 9. The van der Waals surface area contributed by atoms with Crippen LogP contribution in [0.1, 0.15) is 69.7 Å². The largest absolute Gasteiger partial charge is 0.416 e. The molecule has 0 radical (unpaired) electrons. The van der Waals surface area contributed by atoms with Gasteiger partial charge in [0.05, 0.1) is 90.5 Å². The Morgan fingerprint density at radius 1 is 0.510 bits per heavy atom. The highest BCUT2D eigenvalue weighted by Crippen LogP contribution is 2.42. The van der Waals surface area contributed by atoms with E-state index >= 15 is 0 Å². The fourth-order valence-corrected chi connectivity index (χ4v) is 12.7. The first-order chi connectivity index (χ1) is 46.9. The van der Waals surface area contributed by atoms with Crippen molar-refractivity contribution >= 4 is 127 Å². The van der Waals surface area contributed by atoms with Crippen molar-refractivity contribution in [1.29, 1.82) is 0 Å². The van der Waals surface area contributed by atoms with Crippen molar-refractivity contribution in [2.45, 2.75) is 78.1 Å². The Labute approximate surface area is 583 Å². The van der Waals surface area contributed by atoms with Crippen molar-refractivity contribution in [1.82, 2.24) is 49.8 Å². The lowest BCUT2D eigenvalue weighted by molar-refractivity contribution is -0.138. The Hall–Kier alpha value is -9.19. The lowest BCUT2D eigenvalue weighted by atomic mass is 10.0. The molecule has 0 amide bonds. The third-order valence-electron chi connectivity index (χ3n) is 16.8. The van der Waals surface area contributed by atoms with Crippen LogP contribution in [-0.2, 0) is 42.8 Å². The van der Waals surface area contributed by atoms with Crippen LogP contribution >= 0.6 is 48.3 Å². The number of aryl methyl sites for hydroxylation is 4. The zero-order valence-corrected chi connectivity index (χ0v) is 57.1. The van der Waals surface area contributed by atoms with E-state index in [1.54, 1.807) is 12.4 Å². The molecule has 9 aromatic rings. The lowest BCUT2D eigenvalue weighted by Gasteiger charge is -2.28. The van der Waals surface area contributed by atoms with Gasteiger partial charge in [0.25, 0.3) is 0 Å². The zero-order chi connectivity index (χ0) is 69.0. The van der Waals surface area contributed by atoms with E-state index in [1.807, 2.05) is 95.8 Å². The minimum absolute atomic E-state index is 0.281. The van der Waals surface area contributed by atoms with Gasteiger partial charge in [-0.05, 0) is 145 Å². The number of morpholine rings is 1. The third kappa shape index (κ3) is 16.5. The molecule has 506 valence electrons. The second-order valence-corrected chi connectivity index (χ2v) is 26.2. The molecule has 0 unspecified atom stereocenters. The molecule has 6 N–H and O–H groups in total. The fraction of sp³-hybridized carbons (Fsp3) is 0.304. The second-order valence-electron chi connectivity index (χ2n) is 24.2. The number of pyridine rings is 3. The summed E-state index contributed by atoms with van der Waals surface area (Å²) in [6.07, 6.45) is 3.62. The number of anilines is 11. The molecular formula is C69H67ClF6N18OS3. The fourth-order valence-electron chi connectivity index (χ4n) is 11.7. The highest BCUT2D eigenvalue weighted by Gasteiger charge is 2.34. The molecule has 98 heavy (non-hydrogen) atoms. The molecule has 6 aromatic heterocycles. The average molecular weight is 1410 g/mol. The molecule has 0 saturated carbocycles. The topological polar surface area (TPSA) is 207 Å².